The number of hydrogen-bond acceptors (Lipinski definition) is 2. The Labute approximate surface area is 95.0 Å². The van der Waals surface area contributed by atoms with Crippen LogP contribution in [0.15, 0.2) is 18.2 Å². The highest BCUT2D eigenvalue weighted by atomic mass is 35.5. The molecule has 1 heterocycles. The van der Waals surface area contributed by atoms with E-state index in [0.717, 1.165) is 24.0 Å². The minimum Gasteiger partial charge on any atom is -0.385 e. The van der Waals surface area contributed by atoms with Gasteiger partial charge in [-0.15, -0.1) is 0 Å². The summed E-state index contributed by atoms with van der Waals surface area (Å²) >= 11 is 6.04. The minimum absolute atomic E-state index is 0.493. The Morgan fingerprint density at radius 3 is 2.93 bits per heavy atom. The van der Waals surface area contributed by atoms with Gasteiger partial charge in [-0.2, -0.15) is 0 Å². The van der Waals surface area contributed by atoms with E-state index < -0.39 is 0 Å². The Hall–Kier alpha value is -0.730. The first kappa shape index (κ1) is 9.49. The van der Waals surface area contributed by atoms with Crippen LogP contribution in [0.1, 0.15) is 30.9 Å². The van der Waals surface area contributed by atoms with E-state index in [-0.39, 0.29) is 0 Å². The molecule has 1 atom stereocenters. The lowest BCUT2D eigenvalue weighted by molar-refractivity contribution is 0.498. The van der Waals surface area contributed by atoms with E-state index in [0.29, 0.717) is 6.04 Å². The quantitative estimate of drug-likeness (QED) is 0.804. The molecular formula is C12H15ClN2. The maximum atomic E-state index is 6.04. The lowest BCUT2D eigenvalue weighted by atomic mass is 9.98. The predicted molar refractivity (Wildman–Crippen MR) is 63.5 cm³/mol. The van der Waals surface area contributed by atoms with Gasteiger partial charge in [-0.1, -0.05) is 11.6 Å². The predicted octanol–water partition coefficient (Wildman–Crippen LogP) is 2.95. The van der Waals surface area contributed by atoms with Crippen LogP contribution in [-0.2, 0) is 0 Å². The van der Waals surface area contributed by atoms with Gasteiger partial charge in [0.2, 0.25) is 0 Å². The van der Waals surface area contributed by atoms with Gasteiger partial charge in [0.15, 0.2) is 0 Å². The fraction of sp³-hybridized carbons (Fsp3) is 0.500. The SMILES string of the molecule is Clc1ccc2c(c1)C(NC1CC1)CCN2. The Bertz CT molecular complexity index is 374. The number of benzene rings is 1. The van der Waals surface area contributed by atoms with Crippen LogP contribution in [0.2, 0.25) is 5.02 Å². The van der Waals surface area contributed by atoms with Crippen molar-refractivity contribution in [2.75, 3.05) is 11.9 Å². The van der Waals surface area contributed by atoms with E-state index in [1.165, 1.54) is 24.1 Å². The summed E-state index contributed by atoms with van der Waals surface area (Å²) in [7, 11) is 0. The molecule has 3 rings (SSSR count). The maximum absolute atomic E-state index is 6.04. The standard InChI is InChI=1S/C12H15ClN2/c13-8-1-4-11-10(7-8)12(5-6-14-11)15-9-2-3-9/h1,4,7,9,12,14-15H,2-3,5-6H2. The van der Waals surface area contributed by atoms with Crippen molar-refractivity contribution < 1.29 is 0 Å². The van der Waals surface area contributed by atoms with Crippen molar-refractivity contribution in [2.45, 2.75) is 31.3 Å². The van der Waals surface area contributed by atoms with Gasteiger partial charge in [0.05, 0.1) is 0 Å². The van der Waals surface area contributed by atoms with Crippen LogP contribution in [-0.4, -0.2) is 12.6 Å². The molecule has 1 aliphatic heterocycles. The van der Waals surface area contributed by atoms with Crippen LogP contribution >= 0.6 is 11.6 Å². The van der Waals surface area contributed by atoms with Crippen molar-refractivity contribution in [1.82, 2.24) is 5.32 Å². The molecule has 0 aromatic heterocycles. The van der Waals surface area contributed by atoms with Gasteiger partial charge in [0.1, 0.15) is 0 Å². The van der Waals surface area contributed by atoms with E-state index in [2.05, 4.69) is 22.8 Å². The smallest absolute Gasteiger partial charge is 0.0410 e. The van der Waals surface area contributed by atoms with E-state index in [1.54, 1.807) is 0 Å². The Morgan fingerprint density at radius 2 is 2.13 bits per heavy atom. The molecule has 0 bridgehead atoms. The lowest BCUT2D eigenvalue weighted by Gasteiger charge is -2.27. The van der Waals surface area contributed by atoms with E-state index in [1.807, 2.05) is 6.07 Å². The lowest BCUT2D eigenvalue weighted by Crippen LogP contribution is -2.29. The summed E-state index contributed by atoms with van der Waals surface area (Å²) in [6.07, 6.45) is 3.82. The second-order valence-electron chi connectivity index (χ2n) is 4.44. The summed E-state index contributed by atoms with van der Waals surface area (Å²) in [4.78, 5) is 0. The zero-order valence-corrected chi connectivity index (χ0v) is 9.35. The second kappa shape index (κ2) is 3.69. The molecule has 15 heavy (non-hydrogen) atoms. The van der Waals surface area contributed by atoms with Crippen LogP contribution in [0, 0.1) is 0 Å². The highest BCUT2D eigenvalue weighted by Crippen LogP contribution is 2.34. The normalized spacial score (nSPS) is 24.5. The third kappa shape index (κ3) is 1.97. The molecule has 1 aromatic rings. The van der Waals surface area contributed by atoms with E-state index >= 15 is 0 Å². The fourth-order valence-electron chi connectivity index (χ4n) is 2.20. The summed E-state index contributed by atoms with van der Waals surface area (Å²) in [6, 6.07) is 7.36. The molecule has 0 amide bonds. The zero-order valence-electron chi connectivity index (χ0n) is 8.59. The van der Waals surface area contributed by atoms with Crippen LogP contribution < -0.4 is 10.6 Å². The molecule has 0 saturated heterocycles. The van der Waals surface area contributed by atoms with Gasteiger partial charge in [0.25, 0.3) is 0 Å². The average molecular weight is 223 g/mol. The Morgan fingerprint density at radius 1 is 1.27 bits per heavy atom. The van der Waals surface area contributed by atoms with Crippen molar-refractivity contribution in [2.24, 2.45) is 0 Å². The van der Waals surface area contributed by atoms with Crippen molar-refractivity contribution >= 4 is 17.3 Å². The van der Waals surface area contributed by atoms with E-state index in [9.17, 15) is 0 Å². The maximum Gasteiger partial charge on any atom is 0.0410 e. The molecule has 1 fully saturated rings. The summed E-state index contributed by atoms with van der Waals surface area (Å²) < 4.78 is 0. The minimum atomic E-state index is 0.493. The third-order valence-electron chi connectivity index (χ3n) is 3.15. The number of hydrogen-bond donors (Lipinski definition) is 2. The second-order valence-corrected chi connectivity index (χ2v) is 4.88. The molecule has 0 radical (unpaired) electrons. The molecule has 2 nitrogen and oxygen atoms in total. The van der Waals surface area contributed by atoms with Gasteiger partial charge in [-0.25, -0.2) is 0 Å². The van der Waals surface area contributed by atoms with E-state index in [4.69, 9.17) is 11.6 Å². The van der Waals surface area contributed by atoms with Gasteiger partial charge < -0.3 is 10.6 Å². The molecule has 2 N–H and O–H groups in total. The highest BCUT2D eigenvalue weighted by molar-refractivity contribution is 6.30. The number of fused-ring (bicyclic) bond motifs is 1. The summed E-state index contributed by atoms with van der Waals surface area (Å²) in [5.74, 6) is 0. The van der Waals surface area contributed by atoms with Crippen molar-refractivity contribution in [3.05, 3.63) is 28.8 Å². The molecule has 1 aliphatic carbocycles. The van der Waals surface area contributed by atoms with Gasteiger partial charge in [-0.3, -0.25) is 0 Å². The van der Waals surface area contributed by atoms with Crippen LogP contribution in [0.3, 0.4) is 0 Å². The monoisotopic (exact) mass is 222 g/mol. The Kier molecular flexibility index (Phi) is 2.33. The molecule has 0 spiro atoms. The first-order valence-electron chi connectivity index (χ1n) is 5.62. The molecule has 3 heteroatoms. The van der Waals surface area contributed by atoms with Gasteiger partial charge in [-0.05, 0) is 43.0 Å². The fourth-order valence-corrected chi connectivity index (χ4v) is 2.38. The third-order valence-corrected chi connectivity index (χ3v) is 3.39. The van der Waals surface area contributed by atoms with Gasteiger partial charge >= 0.3 is 0 Å². The average Bonchev–Trinajstić information content (AvgIpc) is 3.03. The topological polar surface area (TPSA) is 24.1 Å². The summed E-state index contributed by atoms with van der Waals surface area (Å²) in [5.41, 5.74) is 2.57. The first-order chi connectivity index (χ1) is 7.33. The largest absolute Gasteiger partial charge is 0.385 e. The van der Waals surface area contributed by atoms with Crippen molar-refractivity contribution in [1.29, 1.82) is 0 Å². The molecule has 1 unspecified atom stereocenters. The number of nitrogens with one attached hydrogen (secondary N) is 2. The number of anilines is 1. The molecule has 1 saturated carbocycles. The van der Waals surface area contributed by atoms with Crippen molar-refractivity contribution in [3.63, 3.8) is 0 Å². The highest BCUT2D eigenvalue weighted by Gasteiger charge is 2.28. The van der Waals surface area contributed by atoms with Gasteiger partial charge in [0, 0.05) is 29.3 Å². The molecular weight excluding hydrogens is 208 g/mol. The summed E-state index contributed by atoms with van der Waals surface area (Å²) in [5, 5.41) is 7.93. The molecule has 80 valence electrons. The number of rotatable bonds is 2. The zero-order chi connectivity index (χ0) is 10.3. The van der Waals surface area contributed by atoms with Crippen LogP contribution in [0.25, 0.3) is 0 Å². The molecule has 1 aromatic carbocycles. The van der Waals surface area contributed by atoms with Crippen molar-refractivity contribution in [3.8, 4) is 0 Å². The van der Waals surface area contributed by atoms with Crippen LogP contribution in [0.4, 0.5) is 5.69 Å². The summed E-state index contributed by atoms with van der Waals surface area (Å²) in [6.45, 7) is 1.05. The van der Waals surface area contributed by atoms with Crippen LogP contribution in [0.5, 0.6) is 0 Å². The Balaban J connectivity index is 1.89. The molecule has 2 aliphatic rings. The number of halogens is 1. The first-order valence-corrected chi connectivity index (χ1v) is 6.00.